The van der Waals surface area contributed by atoms with Crippen molar-refractivity contribution >= 4 is 34.1 Å². The molecule has 0 amide bonds. The molecule has 1 heterocycles. The highest BCUT2D eigenvalue weighted by molar-refractivity contribution is 7.13. The number of thiazole rings is 1. The standard InChI is InChI=1S/C9H11N3O4S/c1-3-15-8(14)7(12-16-5(2)13)6-4-17-9(10)11-6/h4H,3H2,1-2H3,(H2,10,11). The van der Waals surface area contributed by atoms with Crippen molar-refractivity contribution in [3.05, 3.63) is 11.1 Å². The number of hydrogen-bond acceptors (Lipinski definition) is 8. The normalized spacial score (nSPS) is 11.1. The molecule has 2 N–H and O–H groups in total. The minimum absolute atomic E-state index is 0.178. The fourth-order valence-electron chi connectivity index (χ4n) is 0.894. The molecule has 0 aromatic carbocycles. The van der Waals surface area contributed by atoms with Crippen LogP contribution in [0.25, 0.3) is 0 Å². The van der Waals surface area contributed by atoms with Crippen molar-refractivity contribution in [3.8, 4) is 0 Å². The van der Waals surface area contributed by atoms with Crippen LogP contribution in [0.4, 0.5) is 5.13 Å². The molecule has 8 heteroatoms. The van der Waals surface area contributed by atoms with Gasteiger partial charge in [-0.25, -0.2) is 14.6 Å². The summed E-state index contributed by atoms with van der Waals surface area (Å²) in [6.45, 7) is 3.00. The first-order valence-corrected chi connectivity index (χ1v) is 5.56. The molecule has 0 saturated carbocycles. The summed E-state index contributed by atoms with van der Waals surface area (Å²) >= 11 is 1.14. The van der Waals surface area contributed by atoms with E-state index in [1.54, 1.807) is 6.92 Å². The fraction of sp³-hybridized carbons (Fsp3) is 0.333. The van der Waals surface area contributed by atoms with E-state index in [-0.39, 0.29) is 23.1 Å². The summed E-state index contributed by atoms with van der Waals surface area (Å²) in [6, 6.07) is 0. The Kier molecular flexibility index (Phi) is 4.58. The van der Waals surface area contributed by atoms with Crippen molar-refractivity contribution in [3.63, 3.8) is 0 Å². The summed E-state index contributed by atoms with van der Waals surface area (Å²) in [5.41, 5.74) is 5.47. The number of carbonyl (C=O) groups excluding carboxylic acids is 2. The van der Waals surface area contributed by atoms with Crippen LogP contribution in [0.15, 0.2) is 10.5 Å². The third-order valence-corrected chi connectivity index (χ3v) is 2.17. The van der Waals surface area contributed by atoms with E-state index in [1.807, 2.05) is 0 Å². The average Bonchev–Trinajstić information content (AvgIpc) is 2.65. The minimum atomic E-state index is -0.723. The third kappa shape index (κ3) is 3.83. The first-order valence-electron chi connectivity index (χ1n) is 4.68. The van der Waals surface area contributed by atoms with Crippen molar-refractivity contribution in [1.29, 1.82) is 0 Å². The Hall–Kier alpha value is -1.96. The molecule has 1 aromatic heterocycles. The molecule has 0 radical (unpaired) electrons. The molecule has 1 aromatic rings. The quantitative estimate of drug-likeness (QED) is 0.365. The van der Waals surface area contributed by atoms with Crippen LogP contribution in [0.2, 0.25) is 0 Å². The molecule has 0 atom stereocenters. The largest absolute Gasteiger partial charge is 0.461 e. The summed E-state index contributed by atoms with van der Waals surface area (Å²) in [4.78, 5) is 30.5. The van der Waals surface area contributed by atoms with Gasteiger partial charge in [-0.1, -0.05) is 5.16 Å². The Morgan fingerprint density at radius 2 is 2.29 bits per heavy atom. The van der Waals surface area contributed by atoms with Gasteiger partial charge in [0.2, 0.25) is 5.71 Å². The van der Waals surface area contributed by atoms with Gasteiger partial charge < -0.3 is 15.3 Å². The van der Waals surface area contributed by atoms with Crippen molar-refractivity contribution in [2.24, 2.45) is 5.16 Å². The number of nitrogen functional groups attached to an aromatic ring is 1. The fourth-order valence-corrected chi connectivity index (χ4v) is 1.44. The Labute approximate surface area is 101 Å². The Bertz CT molecular complexity index is 455. The third-order valence-electron chi connectivity index (χ3n) is 1.50. The lowest BCUT2D eigenvalue weighted by Gasteiger charge is -2.02. The summed E-state index contributed by atoms with van der Waals surface area (Å²) in [5, 5.41) is 5.21. The second-order valence-corrected chi connectivity index (χ2v) is 3.70. The molecule has 92 valence electrons. The van der Waals surface area contributed by atoms with E-state index in [0.29, 0.717) is 0 Å². The van der Waals surface area contributed by atoms with Gasteiger partial charge in [0, 0.05) is 12.3 Å². The Morgan fingerprint density at radius 3 is 2.76 bits per heavy atom. The van der Waals surface area contributed by atoms with E-state index in [2.05, 4.69) is 15.0 Å². The predicted molar refractivity (Wildman–Crippen MR) is 61.5 cm³/mol. The van der Waals surface area contributed by atoms with E-state index in [1.165, 1.54) is 12.3 Å². The van der Waals surface area contributed by atoms with Crippen LogP contribution in [-0.4, -0.2) is 29.2 Å². The number of anilines is 1. The molecule has 7 nitrogen and oxygen atoms in total. The SMILES string of the molecule is CCOC(=O)C(=NOC(C)=O)c1csc(N)n1. The number of oxime groups is 1. The number of hydrogen-bond donors (Lipinski definition) is 1. The second kappa shape index (κ2) is 5.94. The lowest BCUT2D eigenvalue weighted by atomic mass is 10.3. The molecule has 1 rings (SSSR count). The highest BCUT2D eigenvalue weighted by Crippen LogP contribution is 2.13. The van der Waals surface area contributed by atoms with E-state index in [4.69, 9.17) is 10.5 Å². The van der Waals surface area contributed by atoms with Crippen LogP contribution >= 0.6 is 11.3 Å². The zero-order valence-corrected chi connectivity index (χ0v) is 10.1. The van der Waals surface area contributed by atoms with E-state index in [9.17, 15) is 9.59 Å². The number of esters is 1. The first-order chi connectivity index (χ1) is 8.04. The van der Waals surface area contributed by atoms with Gasteiger partial charge in [-0.2, -0.15) is 0 Å². The molecular formula is C9H11N3O4S. The van der Waals surface area contributed by atoms with Crippen LogP contribution in [0.3, 0.4) is 0 Å². The van der Waals surface area contributed by atoms with Gasteiger partial charge in [0.05, 0.1) is 6.61 Å². The highest BCUT2D eigenvalue weighted by Gasteiger charge is 2.19. The number of carbonyl (C=O) groups is 2. The predicted octanol–water partition coefficient (Wildman–Crippen LogP) is 0.556. The topological polar surface area (TPSA) is 104 Å². The zero-order chi connectivity index (χ0) is 12.8. The number of rotatable bonds is 4. The van der Waals surface area contributed by atoms with Crippen LogP contribution in [0.1, 0.15) is 19.5 Å². The number of nitrogens with zero attached hydrogens (tertiary/aromatic N) is 2. The molecule has 0 spiro atoms. The minimum Gasteiger partial charge on any atom is -0.461 e. The van der Waals surface area contributed by atoms with Crippen molar-refractivity contribution in [1.82, 2.24) is 4.98 Å². The summed E-state index contributed by atoms with van der Waals surface area (Å²) in [7, 11) is 0. The number of nitrogens with two attached hydrogens (primary N) is 1. The van der Waals surface area contributed by atoms with Gasteiger partial charge in [0.15, 0.2) is 5.13 Å². The molecule has 17 heavy (non-hydrogen) atoms. The molecule has 0 aliphatic carbocycles. The summed E-state index contributed by atoms with van der Waals surface area (Å²) < 4.78 is 4.76. The molecule has 0 saturated heterocycles. The zero-order valence-electron chi connectivity index (χ0n) is 9.30. The maximum absolute atomic E-state index is 11.5. The molecule has 0 bridgehead atoms. The number of ether oxygens (including phenoxy) is 1. The van der Waals surface area contributed by atoms with Gasteiger partial charge in [-0.15, -0.1) is 11.3 Å². The highest BCUT2D eigenvalue weighted by atomic mass is 32.1. The van der Waals surface area contributed by atoms with E-state index in [0.717, 1.165) is 11.3 Å². The molecule has 0 fully saturated rings. The van der Waals surface area contributed by atoms with Crippen molar-refractivity contribution < 1.29 is 19.2 Å². The smallest absolute Gasteiger partial charge is 0.362 e. The van der Waals surface area contributed by atoms with Crippen LogP contribution in [0, 0.1) is 0 Å². The van der Waals surface area contributed by atoms with Gasteiger partial charge >= 0.3 is 11.9 Å². The second-order valence-electron chi connectivity index (χ2n) is 2.81. The summed E-state index contributed by atoms with van der Waals surface area (Å²) in [6.07, 6.45) is 0. The molecular weight excluding hydrogens is 246 g/mol. The van der Waals surface area contributed by atoms with Crippen molar-refractivity contribution in [2.45, 2.75) is 13.8 Å². The Morgan fingerprint density at radius 1 is 1.59 bits per heavy atom. The molecule has 0 aliphatic rings. The lowest BCUT2D eigenvalue weighted by molar-refractivity contribution is -0.141. The number of aromatic nitrogens is 1. The molecule has 0 unspecified atom stereocenters. The van der Waals surface area contributed by atoms with Gasteiger partial charge in [0.1, 0.15) is 5.69 Å². The lowest BCUT2D eigenvalue weighted by Crippen LogP contribution is -2.20. The van der Waals surface area contributed by atoms with Gasteiger partial charge in [0.25, 0.3) is 0 Å². The van der Waals surface area contributed by atoms with E-state index < -0.39 is 11.9 Å². The van der Waals surface area contributed by atoms with Crippen LogP contribution in [0.5, 0.6) is 0 Å². The average molecular weight is 257 g/mol. The monoisotopic (exact) mass is 257 g/mol. The maximum atomic E-state index is 11.5. The van der Waals surface area contributed by atoms with Gasteiger partial charge in [-0.3, -0.25) is 0 Å². The van der Waals surface area contributed by atoms with Gasteiger partial charge in [-0.05, 0) is 6.92 Å². The maximum Gasteiger partial charge on any atom is 0.362 e. The van der Waals surface area contributed by atoms with E-state index >= 15 is 0 Å². The first kappa shape index (κ1) is 13.1. The molecule has 0 aliphatic heterocycles. The van der Waals surface area contributed by atoms with Crippen LogP contribution in [-0.2, 0) is 19.2 Å². The Balaban J connectivity index is 2.97. The summed E-state index contributed by atoms with van der Waals surface area (Å²) in [5.74, 6) is -1.37. The van der Waals surface area contributed by atoms with Crippen LogP contribution < -0.4 is 5.73 Å². The van der Waals surface area contributed by atoms with Crippen molar-refractivity contribution in [2.75, 3.05) is 12.3 Å².